The molecule has 0 spiro atoms. The number of pyridine rings is 1. The molecule has 4 aromatic heterocycles. The summed E-state index contributed by atoms with van der Waals surface area (Å²) in [6.07, 6.45) is 10.2. The number of nitrogens with zero attached hydrogens (tertiary/aromatic N) is 7. The average Bonchev–Trinajstić information content (AvgIpc) is 3.56. The van der Waals surface area contributed by atoms with Crippen molar-refractivity contribution in [3.05, 3.63) is 101 Å². The number of hydrogen-bond acceptors (Lipinski definition) is 5. The van der Waals surface area contributed by atoms with Crippen LogP contribution in [0.4, 0.5) is 4.39 Å². The van der Waals surface area contributed by atoms with Gasteiger partial charge in [0, 0.05) is 36.3 Å². The molecule has 0 radical (unpaired) electrons. The summed E-state index contributed by atoms with van der Waals surface area (Å²) in [5, 5.41) is 9.96. The third-order valence-electron chi connectivity index (χ3n) is 8.84. The van der Waals surface area contributed by atoms with Gasteiger partial charge in [-0.05, 0) is 81.0 Å². The number of benzene rings is 2. The van der Waals surface area contributed by atoms with Crippen molar-refractivity contribution in [2.75, 3.05) is 13.1 Å². The number of hydrogen-bond donors (Lipinski definition) is 1. The Bertz CT molecular complexity index is 2010. The number of para-hydroxylation sites is 2. The van der Waals surface area contributed by atoms with E-state index in [9.17, 15) is 9.18 Å². The number of H-pyrrole nitrogens is 1. The first kappa shape index (κ1) is 25.2. The lowest BCUT2D eigenvalue weighted by Crippen LogP contribution is -2.38. The summed E-state index contributed by atoms with van der Waals surface area (Å²) >= 11 is 0. The highest BCUT2D eigenvalue weighted by atomic mass is 19.1. The highest BCUT2D eigenvalue weighted by molar-refractivity contribution is 5.86. The number of fused-ring (bicyclic) bond motifs is 2. The van der Waals surface area contributed by atoms with Crippen LogP contribution in [0.1, 0.15) is 54.7 Å². The van der Waals surface area contributed by atoms with E-state index < -0.39 is 0 Å². The van der Waals surface area contributed by atoms with Gasteiger partial charge >= 0.3 is 5.69 Å². The van der Waals surface area contributed by atoms with Gasteiger partial charge in [0.25, 0.3) is 0 Å². The summed E-state index contributed by atoms with van der Waals surface area (Å²) in [5.74, 6) is 1.97. The van der Waals surface area contributed by atoms with Crippen molar-refractivity contribution in [1.82, 2.24) is 38.8 Å². The minimum atomic E-state index is -0.297. The topological polar surface area (TPSA) is 89.6 Å². The summed E-state index contributed by atoms with van der Waals surface area (Å²) in [7, 11) is 0. The second kappa shape index (κ2) is 9.77. The Hall–Kier alpha value is -4.57. The molecule has 6 aromatic rings. The number of rotatable bonds is 6. The molecule has 1 N–H and O–H groups in total. The van der Waals surface area contributed by atoms with Gasteiger partial charge < -0.3 is 9.55 Å². The largest absolute Gasteiger partial charge is 0.327 e. The average molecular weight is 563 g/mol. The van der Waals surface area contributed by atoms with Gasteiger partial charge in [-0.25, -0.2) is 9.18 Å². The van der Waals surface area contributed by atoms with E-state index in [4.69, 9.17) is 0 Å². The zero-order chi connectivity index (χ0) is 28.4. The first-order valence-corrected chi connectivity index (χ1v) is 14.6. The first-order chi connectivity index (χ1) is 20.5. The van der Waals surface area contributed by atoms with Crippen molar-refractivity contribution in [2.24, 2.45) is 0 Å². The molecule has 8 rings (SSSR count). The molecule has 2 aliphatic rings. The third kappa shape index (κ3) is 4.16. The van der Waals surface area contributed by atoms with Crippen LogP contribution in [0.15, 0.2) is 71.9 Å². The normalized spacial score (nSPS) is 17.9. The van der Waals surface area contributed by atoms with Crippen LogP contribution in [0.3, 0.4) is 0 Å². The molecule has 1 aliphatic carbocycles. The van der Waals surface area contributed by atoms with Gasteiger partial charge in [0.1, 0.15) is 17.5 Å². The lowest BCUT2D eigenvalue weighted by Gasteiger charge is -2.32. The molecule has 1 saturated carbocycles. The van der Waals surface area contributed by atoms with Crippen LogP contribution in [0.5, 0.6) is 0 Å². The van der Waals surface area contributed by atoms with Crippen molar-refractivity contribution in [2.45, 2.75) is 51.1 Å². The van der Waals surface area contributed by atoms with Gasteiger partial charge in [0.15, 0.2) is 0 Å². The Morgan fingerprint density at radius 2 is 1.88 bits per heavy atom. The molecule has 2 aromatic carbocycles. The van der Waals surface area contributed by atoms with Crippen LogP contribution < -0.4 is 5.69 Å². The molecule has 1 aliphatic heterocycles. The Labute approximate surface area is 241 Å². The van der Waals surface area contributed by atoms with E-state index in [1.807, 2.05) is 58.8 Å². The zero-order valence-electron chi connectivity index (χ0n) is 23.4. The summed E-state index contributed by atoms with van der Waals surface area (Å²) in [6.45, 7) is 4.23. The van der Waals surface area contributed by atoms with Crippen molar-refractivity contribution < 1.29 is 4.39 Å². The number of imidazole rings is 1. The fourth-order valence-electron chi connectivity index (χ4n) is 6.67. The third-order valence-corrected chi connectivity index (χ3v) is 8.84. The number of halogens is 1. The molecule has 1 unspecified atom stereocenters. The first-order valence-electron chi connectivity index (χ1n) is 14.6. The molecule has 9 nitrogen and oxygen atoms in total. The van der Waals surface area contributed by atoms with E-state index in [1.165, 1.54) is 11.6 Å². The summed E-state index contributed by atoms with van der Waals surface area (Å²) < 4.78 is 20.7. The quantitative estimate of drug-likeness (QED) is 0.293. The summed E-state index contributed by atoms with van der Waals surface area (Å²) in [4.78, 5) is 22.6. The fourth-order valence-corrected chi connectivity index (χ4v) is 6.67. The smallest absolute Gasteiger partial charge is 0.313 e. The fraction of sp³-hybridized carbons (Fsp3) is 0.312. The van der Waals surface area contributed by atoms with E-state index in [1.54, 1.807) is 6.07 Å². The van der Waals surface area contributed by atoms with E-state index >= 15 is 0 Å². The molecule has 10 heteroatoms. The van der Waals surface area contributed by atoms with Crippen molar-refractivity contribution in [1.29, 1.82) is 0 Å². The van der Waals surface area contributed by atoms with Gasteiger partial charge in [-0.1, -0.05) is 12.1 Å². The zero-order valence-corrected chi connectivity index (χ0v) is 23.4. The Morgan fingerprint density at radius 1 is 1.00 bits per heavy atom. The molecular weight excluding hydrogens is 531 g/mol. The molecular formula is C32H31FN8O. The van der Waals surface area contributed by atoms with Crippen LogP contribution in [-0.2, 0) is 6.67 Å². The van der Waals surface area contributed by atoms with Gasteiger partial charge in [-0.3, -0.25) is 19.0 Å². The Balaban J connectivity index is 1.19. The monoisotopic (exact) mass is 562 g/mol. The van der Waals surface area contributed by atoms with Crippen molar-refractivity contribution >= 4 is 21.9 Å². The summed E-state index contributed by atoms with van der Waals surface area (Å²) in [5.41, 5.74) is 5.50. The van der Waals surface area contributed by atoms with E-state index in [-0.39, 0.29) is 17.4 Å². The van der Waals surface area contributed by atoms with Gasteiger partial charge in [-0.15, -0.1) is 10.2 Å². The predicted molar refractivity (Wildman–Crippen MR) is 159 cm³/mol. The van der Waals surface area contributed by atoms with E-state index in [0.717, 1.165) is 83.7 Å². The molecule has 212 valence electrons. The SMILES string of the molecule is Cc1nnc(C2CC2)n1-c1cc(F)ccc1-n1cc(C2CCCN(Cn3c(=O)[nH]c4ccccc43)C2)c2ccncc21. The second-order valence-electron chi connectivity index (χ2n) is 11.6. The maximum absolute atomic E-state index is 14.8. The molecule has 0 bridgehead atoms. The number of piperidine rings is 1. The molecule has 0 amide bonds. The predicted octanol–water partition coefficient (Wildman–Crippen LogP) is 5.41. The minimum absolute atomic E-state index is 0.0836. The van der Waals surface area contributed by atoms with E-state index in [2.05, 4.69) is 41.9 Å². The second-order valence-corrected chi connectivity index (χ2v) is 11.6. The number of likely N-dealkylation sites (tertiary alicyclic amines) is 1. The van der Waals surface area contributed by atoms with Gasteiger partial charge in [0.2, 0.25) is 0 Å². The molecule has 1 atom stereocenters. The number of aromatic amines is 1. The number of nitrogens with one attached hydrogen (secondary N) is 1. The summed E-state index contributed by atoms with van der Waals surface area (Å²) in [6, 6.07) is 14.8. The van der Waals surface area contributed by atoms with Crippen molar-refractivity contribution in [3.8, 4) is 11.4 Å². The van der Waals surface area contributed by atoms with Crippen LogP contribution in [0, 0.1) is 12.7 Å². The number of aromatic nitrogens is 7. The molecule has 2 fully saturated rings. The minimum Gasteiger partial charge on any atom is -0.313 e. The van der Waals surface area contributed by atoms with Crippen LogP contribution in [-0.4, -0.2) is 51.9 Å². The van der Waals surface area contributed by atoms with Crippen LogP contribution in [0.2, 0.25) is 0 Å². The lowest BCUT2D eigenvalue weighted by molar-refractivity contribution is 0.166. The molecule has 5 heterocycles. The highest BCUT2D eigenvalue weighted by Crippen LogP contribution is 2.41. The van der Waals surface area contributed by atoms with Gasteiger partial charge in [-0.2, -0.15) is 0 Å². The maximum Gasteiger partial charge on any atom is 0.327 e. The van der Waals surface area contributed by atoms with Crippen LogP contribution >= 0.6 is 0 Å². The maximum atomic E-state index is 14.8. The van der Waals surface area contributed by atoms with Crippen LogP contribution in [0.25, 0.3) is 33.3 Å². The highest BCUT2D eigenvalue weighted by Gasteiger charge is 2.32. The molecule has 1 saturated heterocycles. The van der Waals surface area contributed by atoms with Crippen molar-refractivity contribution in [3.63, 3.8) is 0 Å². The van der Waals surface area contributed by atoms with E-state index in [0.29, 0.717) is 12.6 Å². The number of aryl methyl sites for hydroxylation is 1. The lowest BCUT2D eigenvalue weighted by atomic mass is 9.91. The van der Waals surface area contributed by atoms with Gasteiger partial charge in [0.05, 0.1) is 40.8 Å². The Morgan fingerprint density at radius 3 is 2.76 bits per heavy atom. The standard InChI is InChI=1S/C32H31FN8O/c1-20-36-37-31(21-8-9-21)41(20)29-15-23(33)10-11-28(29)39-18-25(24-12-13-34-16-30(24)39)22-5-4-14-38(17-22)19-40-27-7-3-2-6-26(27)35-32(40)42/h2-3,6-7,10-13,15-16,18,21-22H,4-5,8-9,14,17,19H2,1H3,(H,35,42). The Kier molecular flexibility index (Phi) is 5.85. The molecule has 42 heavy (non-hydrogen) atoms.